The summed E-state index contributed by atoms with van der Waals surface area (Å²) >= 11 is 0. The summed E-state index contributed by atoms with van der Waals surface area (Å²) in [6.07, 6.45) is 3.04. The van der Waals surface area contributed by atoms with Crippen molar-refractivity contribution in [3.05, 3.63) is 6.33 Å². The Morgan fingerprint density at radius 2 is 2.23 bits per heavy atom. The number of rotatable bonds is 8. The fourth-order valence-electron chi connectivity index (χ4n) is 4.08. The van der Waals surface area contributed by atoms with Crippen molar-refractivity contribution in [2.75, 3.05) is 19.7 Å². The highest BCUT2D eigenvalue weighted by molar-refractivity contribution is 7.80. The number of fused-ring (bicyclic) bond motifs is 2. The quantitative estimate of drug-likeness (QED) is 0.288. The van der Waals surface area contributed by atoms with Crippen LogP contribution < -0.4 is 10.8 Å². The first-order valence-corrected chi connectivity index (χ1v) is 10.8. The Kier molecular flexibility index (Phi) is 5.83. The van der Waals surface area contributed by atoms with Crippen LogP contribution in [-0.2, 0) is 30.9 Å². The highest BCUT2D eigenvalue weighted by Crippen LogP contribution is 2.30. The monoisotopic (exact) mass is 446 g/mol. The highest BCUT2D eigenvalue weighted by atomic mass is 32.3. The van der Waals surface area contributed by atoms with E-state index in [1.165, 1.54) is 4.90 Å². The van der Waals surface area contributed by atoms with E-state index < -0.39 is 34.4 Å². The molecule has 4 rings (SSSR count). The van der Waals surface area contributed by atoms with Crippen LogP contribution in [0.4, 0.5) is 4.79 Å². The molecular weight excluding hydrogens is 424 g/mol. The van der Waals surface area contributed by atoms with Gasteiger partial charge in [0.1, 0.15) is 12.4 Å². The molecule has 3 amide bonds. The predicted octanol–water partition coefficient (Wildman–Crippen LogP) is -2.30. The molecule has 0 spiro atoms. The number of nitrogens with zero attached hydrogens (tertiary/aromatic N) is 6. The number of amides is 3. The van der Waals surface area contributed by atoms with Crippen LogP contribution in [-0.4, -0.2) is 92.9 Å². The average Bonchev–Trinajstić information content (AvgIpc) is 3.40. The number of hydrogen-bond donors (Lipinski definition) is 3. The zero-order chi connectivity index (χ0) is 21.3. The van der Waals surface area contributed by atoms with Crippen LogP contribution in [0.1, 0.15) is 19.3 Å². The van der Waals surface area contributed by atoms with E-state index in [4.69, 9.17) is 9.39 Å². The molecule has 0 saturated carbocycles. The van der Waals surface area contributed by atoms with E-state index in [0.29, 0.717) is 30.4 Å². The Hall–Kier alpha value is -2.40. The molecule has 3 fully saturated rings. The van der Waals surface area contributed by atoms with Crippen LogP contribution >= 0.6 is 0 Å². The van der Waals surface area contributed by atoms with Crippen LogP contribution in [0.15, 0.2) is 6.33 Å². The molecule has 3 saturated heterocycles. The topological polar surface area (TPSA) is 181 Å². The Bertz CT molecular complexity index is 881. The fourth-order valence-corrected chi connectivity index (χ4v) is 4.47. The number of nitrogens with one attached hydrogen (secondary N) is 2. The second kappa shape index (κ2) is 8.38. The number of carbonyl (C=O) groups excluding carboxylic acids is 2. The third kappa shape index (κ3) is 4.67. The Morgan fingerprint density at radius 3 is 2.97 bits per heavy atom. The maximum absolute atomic E-state index is 12.5. The van der Waals surface area contributed by atoms with Crippen molar-refractivity contribution in [3.8, 4) is 0 Å². The van der Waals surface area contributed by atoms with Gasteiger partial charge in [0.15, 0.2) is 0 Å². The van der Waals surface area contributed by atoms with Gasteiger partial charge in [0.05, 0.1) is 12.6 Å². The lowest BCUT2D eigenvalue weighted by atomic mass is 10.0. The first kappa shape index (κ1) is 20.9. The molecule has 0 aliphatic carbocycles. The van der Waals surface area contributed by atoms with Crippen LogP contribution in [0.3, 0.4) is 0 Å². The fraction of sp³-hybridized carbons (Fsp3) is 0.786. The van der Waals surface area contributed by atoms with E-state index in [1.807, 2.05) is 0 Å². The van der Waals surface area contributed by atoms with Crippen molar-refractivity contribution in [1.82, 2.24) is 41.0 Å². The lowest BCUT2D eigenvalue weighted by Gasteiger charge is -2.29. The van der Waals surface area contributed by atoms with Crippen molar-refractivity contribution in [3.63, 3.8) is 0 Å². The van der Waals surface area contributed by atoms with E-state index in [2.05, 4.69) is 30.6 Å². The number of carbonyl (C=O) groups is 2. The third-order valence-corrected chi connectivity index (χ3v) is 5.76. The third-order valence-electron chi connectivity index (χ3n) is 5.41. The predicted molar refractivity (Wildman–Crippen MR) is 95.2 cm³/mol. The number of urea groups is 1. The molecule has 0 unspecified atom stereocenters. The van der Waals surface area contributed by atoms with Crippen LogP contribution in [0.2, 0.25) is 0 Å². The van der Waals surface area contributed by atoms with Gasteiger partial charge < -0.3 is 10.2 Å². The van der Waals surface area contributed by atoms with Crippen LogP contribution in [0.5, 0.6) is 0 Å². The maximum Gasteiger partial charge on any atom is 0.418 e. The number of tetrazole rings is 1. The van der Waals surface area contributed by atoms with E-state index >= 15 is 0 Å². The highest BCUT2D eigenvalue weighted by Gasteiger charge is 2.49. The molecule has 4 atom stereocenters. The molecule has 15 nitrogen and oxygen atoms in total. The molecule has 4 heterocycles. The van der Waals surface area contributed by atoms with E-state index in [9.17, 15) is 18.0 Å². The van der Waals surface area contributed by atoms with Crippen molar-refractivity contribution in [2.24, 2.45) is 5.92 Å². The summed E-state index contributed by atoms with van der Waals surface area (Å²) in [6, 6.07) is -2.11. The average molecular weight is 446 g/mol. The van der Waals surface area contributed by atoms with Crippen LogP contribution in [0, 0.1) is 5.92 Å². The summed E-state index contributed by atoms with van der Waals surface area (Å²) in [5.41, 5.74) is 2.37. The van der Waals surface area contributed by atoms with Gasteiger partial charge in [-0.25, -0.2) is 15.0 Å². The summed E-state index contributed by atoms with van der Waals surface area (Å²) < 4.78 is 36.7. The zero-order valence-corrected chi connectivity index (χ0v) is 16.6. The van der Waals surface area contributed by atoms with Gasteiger partial charge in [-0.3, -0.25) is 14.2 Å². The number of piperidine rings is 1. The Balaban J connectivity index is 1.22. The summed E-state index contributed by atoms with van der Waals surface area (Å²) in [7, 11) is -4.83. The SMILES string of the molecule is O=C(NOC[C@@H]1C[C@H](Cn2cnnn2)CN1)[C@@H]1CC[C@@H]2CN1C(=O)N2OS(=O)(=O)O. The number of hydroxylamine groups is 3. The van der Waals surface area contributed by atoms with E-state index in [1.54, 1.807) is 11.0 Å². The molecule has 3 aliphatic heterocycles. The molecule has 30 heavy (non-hydrogen) atoms. The minimum absolute atomic E-state index is 0.0505. The summed E-state index contributed by atoms with van der Waals surface area (Å²) in [5, 5.41) is 14.9. The van der Waals surface area contributed by atoms with Crippen molar-refractivity contribution in [2.45, 2.75) is 43.9 Å². The van der Waals surface area contributed by atoms with Crippen molar-refractivity contribution < 1.29 is 31.7 Å². The molecule has 2 bridgehead atoms. The second-order valence-corrected chi connectivity index (χ2v) is 8.53. The standard InChI is InChI=1S/C14H22N8O7S/c23-13(12-2-1-11-6-21(12)14(24)22(11)29-30(25,26)27)17-28-7-10-3-9(4-15-10)5-20-8-16-18-19-20/h8-12,15H,1-7H2,(H,17,23)(H,25,26,27)/t9-,10-,11+,12-/m0/s1. The first-order valence-electron chi connectivity index (χ1n) is 9.43. The van der Waals surface area contributed by atoms with Gasteiger partial charge in [0, 0.05) is 25.7 Å². The Labute approximate surface area is 171 Å². The molecule has 3 N–H and O–H groups in total. The van der Waals surface area contributed by atoms with Gasteiger partial charge in [-0.1, -0.05) is 0 Å². The number of hydrogen-bond acceptors (Lipinski definition) is 10. The van der Waals surface area contributed by atoms with Gasteiger partial charge in [-0.2, -0.15) is 13.5 Å². The van der Waals surface area contributed by atoms with Gasteiger partial charge in [0.25, 0.3) is 5.91 Å². The normalized spacial score (nSPS) is 28.9. The minimum atomic E-state index is -4.83. The molecule has 166 valence electrons. The molecule has 3 aliphatic rings. The largest absolute Gasteiger partial charge is 0.418 e. The molecule has 0 aromatic carbocycles. The molecule has 1 aromatic rings. The van der Waals surface area contributed by atoms with Gasteiger partial charge in [-0.15, -0.1) is 9.38 Å². The summed E-state index contributed by atoms with van der Waals surface area (Å²) in [6.45, 7) is 1.83. The smallest absolute Gasteiger partial charge is 0.311 e. The Morgan fingerprint density at radius 1 is 1.40 bits per heavy atom. The molecule has 16 heteroatoms. The maximum atomic E-state index is 12.5. The van der Waals surface area contributed by atoms with Gasteiger partial charge >= 0.3 is 16.4 Å². The lowest BCUT2D eigenvalue weighted by Crippen LogP contribution is -2.50. The molecule has 1 aromatic heterocycles. The van der Waals surface area contributed by atoms with Gasteiger partial charge in [0.2, 0.25) is 0 Å². The van der Waals surface area contributed by atoms with Crippen molar-refractivity contribution in [1.29, 1.82) is 0 Å². The van der Waals surface area contributed by atoms with Crippen LogP contribution in [0.25, 0.3) is 0 Å². The van der Waals surface area contributed by atoms with E-state index in [0.717, 1.165) is 13.0 Å². The summed E-state index contributed by atoms with van der Waals surface area (Å²) in [5.74, 6) is -0.164. The van der Waals surface area contributed by atoms with Crippen molar-refractivity contribution >= 4 is 22.3 Å². The molecule has 0 radical (unpaired) electrons. The summed E-state index contributed by atoms with van der Waals surface area (Å²) in [4.78, 5) is 31.3. The lowest BCUT2D eigenvalue weighted by molar-refractivity contribution is -0.139. The number of aromatic nitrogens is 4. The second-order valence-electron chi connectivity index (χ2n) is 7.53. The minimum Gasteiger partial charge on any atom is -0.311 e. The first-order chi connectivity index (χ1) is 14.3. The van der Waals surface area contributed by atoms with E-state index in [-0.39, 0.29) is 19.2 Å². The van der Waals surface area contributed by atoms with Gasteiger partial charge in [-0.05, 0) is 35.6 Å². The zero-order valence-electron chi connectivity index (χ0n) is 15.8. The molecular formula is C14H22N8O7S.